The van der Waals surface area contributed by atoms with Gasteiger partial charge in [0.05, 0.1) is 0 Å². The number of rotatable bonds is 3. The van der Waals surface area contributed by atoms with E-state index in [1.807, 2.05) is 20.8 Å². The van der Waals surface area contributed by atoms with E-state index >= 15 is 0 Å². The van der Waals surface area contributed by atoms with E-state index in [1.165, 1.54) is 0 Å². The summed E-state index contributed by atoms with van der Waals surface area (Å²) in [5, 5.41) is 0. The molecule has 0 aromatic carbocycles. The maximum absolute atomic E-state index is 9.96. The molecule has 0 N–H and O–H groups in total. The van der Waals surface area contributed by atoms with E-state index in [9.17, 15) is 13.7 Å². The molecule has 0 aliphatic heterocycles. The van der Waals surface area contributed by atoms with Crippen LogP contribution in [0.1, 0.15) is 20.8 Å². The first-order chi connectivity index (χ1) is 6.81. The van der Waals surface area contributed by atoms with Gasteiger partial charge in [-0.1, -0.05) is 13.7 Å². The van der Waals surface area contributed by atoms with Gasteiger partial charge in [0.25, 0.3) is 0 Å². The highest BCUT2D eigenvalue weighted by atomic mass is 31.1. The Morgan fingerprint density at radius 1 is 0.600 bits per heavy atom. The fraction of sp³-hybridized carbons (Fsp3) is 1.00. The standard InChI is InChI=1S/3C3H8OP/c3*1-3-5(2)4/h3*3H2,1-2H3/q3*+1. The Hall–Kier alpha value is 0.300. The Balaban J connectivity index is -0.000000144. The monoisotopic (exact) mass is 273 g/mol. The van der Waals surface area contributed by atoms with Crippen molar-refractivity contribution in [3.8, 4) is 0 Å². The normalized spacial score (nSPS) is 11.2. The lowest BCUT2D eigenvalue weighted by Crippen LogP contribution is -1.55. The van der Waals surface area contributed by atoms with Crippen molar-refractivity contribution in [2.45, 2.75) is 20.8 Å². The zero-order chi connectivity index (χ0) is 12.9. The SMILES string of the molecule is CC[P+](C)=O.CC[P+](C)=O.CC[P+](C)=O. The molecular formula is C9H24O3P3+3. The van der Waals surface area contributed by atoms with Crippen LogP contribution in [0.5, 0.6) is 0 Å². The lowest BCUT2D eigenvalue weighted by atomic mass is 11.0. The minimum Gasteiger partial charge on any atom is -0.0752 e. The predicted octanol–water partition coefficient (Wildman–Crippen LogP) is 4.39. The summed E-state index contributed by atoms with van der Waals surface area (Å²) < 4.78 is 29.9. The first-order valence-electron chi connectivity index (χ1n) is 4.96. The van der Waals surface area contributed by atoms with E-state index in [1.54, 1.807) is 20.0 Å². The molecule has 0 radical (unpaired) electrons. The van der Waals surface area contributed by atoms with Gasteiger partial charge in [0.15, 0.2) is 0 Å². The first-order valence-corrected chi connectivity index (χ1v) is 10.6. The summed E-state index contributed by atoms with van der Waals surface area (Å²) in [4.78, 5) is 0. The van der Waals surface area contributed by atoms with Gasteiger partial charge in [0.2, 0.25) is 0 Å². The van der Waals surface area contributed by atoms with Gasteiger partial charge in [0, 0.05) is 0 Å². The fourth-order valence-electron chi connectivity index (χ4n) is 0. The third-order valence-corrected chi connectivity index (χ3v) is 4.01. The van der Waals surface area contributed by atoms with E-state index < -0.39 is 23.4 Å². The molecule has 15 heavy (non-hydrogen) atoms. The maximum atomic E-state index is 9.96. The van der Waals surface area contributed by atoms with Crippen LogP contribution >= 0.6 is 23.4 Å². The zero-order valence-corrected chi connectivity index (χ0v) is 13.4. The van der Waals surface area contributed by atoms with Gasteiger partial charge in [-0.3, -0.25) is 0 Å². The van der Waals surface area contributed by atoms with E-state index in [2.05, 4.69) is 0 Å². The highest BCUT2D eigenvalue weighted by Crippen LogP contribution is 2.10. The molecule has 90 valence electrons. The van der Waals surface area contributed by atoms with Crippen LogP contribution in [0.25, 0.3) is 0 Å². The van der Waals surface area contributed by atoms with Crippen molar-refractivity contribution in [1.82, 2.24) is 0 Å². The Labute approximate surface area is 96.8 Å². The van der Waals surface area contributed by atoms with Crippen LogP contribution in [0.2, 0.25) is 0 Å². The molecule has 0 saturated carbocycles. The van der Waals surface area contributed by atoms with Crippen molar-refractivity contribution in [2.75, 3.05) is 38.5 Å². The Morgan fingerprint density at radius 2 is 0.667 bits per heavy atom. The molecule has 0 saturated heterocycles. The van der Waals surface area contributed by atoms with E-state index in [-0.39, 0.29) is 0 Å². The highest BCUT2D eigenvalue weighted by molar-refractivity contribution is 7.44. The second-order valence-corrected chi connectivity index (χ2v) is 8.50. The van der Waals surface area contributed by atoms with Crippen LogP contribution in [-0.4, -0.2) is 38.5 Å². The average molecular weight is 273 g/mol. The first kappa shape index (κ1) is 20.7. The molecular weight excluding hydrogens is 249 g/mol. The van der Waals surface area contributed by atoms with Gasteiger partial charge < -0.3 is 0 Å². The second-order valence-electron chi connectivity index (χ2n) is 2.83. The average Bonchev–Trinajstić information content (AvgIpc) is 2.19. The summed E-state index contributed by atoms with van der Waals surface area (Å²) >= 11 is 0. The number of hydrogen-bond donors (Lipinski definition) is 0. The van der Waals surface area contributed by atoms with E-state index in [0.29, 0.717) is 0 Å². The molecule has 6 heteroatoms. The zero-order valence-electron chi connectivity index (χ0n) is 10.7. The van der Waals surface area contributed by atoms with Gasteiger partial charge in [-0.15, -0.1) is 0 Å². The summed E-state index contributed by atoms with van der Waals surface area (Å²) in [7, 11) is -2.54. The minimum absolute atomic E-state index is 0.815. The summed E-state index contributed by atoms with van der Waals surface area (Å²) in [6, 6.07) is 0. The van der Waals surface area contributed by atoms with Gasteiger partial charge in [0.1, 0.15) is 38.5 Å². The summed E-state index contributed by atoms with van der Waals surface area (Å²) in [5.41, 5.74) is 0. The van der Waals surface area contributed by atoms with E-state index in [4.69, 9.17) is 0 Å². The van der Waals surface area contributed by atoms with Crippen molar-refractivity contribution < 1.29 is 13.7 Å². The molecule has 0 bridgehead atoms. The molecule has 0 fully saturated rings. The van der Waals surface area contributed by atoms with Crippen LogP contribution in [0.15, 0.2) is 0 Å². The molecule has 3 nitrogen and oxygen atoms in total. The predicted molar refractivity (Wildman–Crippen MR) is 72.2 cm³/mol. The Morgan fingerprint density at radius 3 is 0.667 bits per heavy atom. The molecule has 0 aliphatic carbocycles. The van der Waals surface area contributed by atoms with Crippen molar-refractivity contribution in [2.24, 2.45) is 0 Å². The highest BCUT2D eigenvalue weighted by Gasteiger charge is 1.94. The summed E-state index contributed by atoms with van der Waals surface area (Å²) in [6.45, 7) is 10.9. The van der Waals surface area contributed by atoms with Crippen molar-refractivity contribution >= 4 is 23.4 Å². The molecule has 0 spiro atoms. The topological polar surface area (TPSA) is 51.2 Å². The van der Waals surface area contributed by atoms with Crippen molar-refractivity contribution in [3.05, 3.63) is 0 Å². The summed E-state index contributed by atoms with van der Waals surface area (Å²) in [6.07, 6.45) is 2.44. The minimum atomic E-state index is -0.848. The Kier molecular flexibility index (Phi) is 23.1. The van der Waals surface area contributed by atoms with Gasteiger partial charge in [-0.05, 0) is 20.8 Å². The van der Waals surface area contributed by atoms with Crippen LogP contribution < -0.4 is 0 Å². The van der Waals surface area contributed by atoms with Crippen LogP contribution in [0.3, 0.4) is 0 Å². The third kappa shape index (κ3) is 54.5. The molecule has 0 aromatic heterocycles. The van der Waals surface area contributed by atoms with E-state index in [0.717, 1.165) is 18.5 Å². The summed E-state index contributed by atoms with van der Waals surface area (Å²) in [5.74, 6) is 0. The molecule has 0 amide bonds. The lowest BCUT2D eigenvalue weighted by molar-refractivity contribution is 0.591. The molecule has 3 unspecified atom stereocenters. The Bertz CT molecular complexity index is 160. The van der Waals surface area contributed by atoms with Crippen LogP contribution in [0.4, 0.5) is 0 Å². The largest absolute Gasteiger partial charge is 0.335 e. The molecule has 0 rings (SSSR count). The van der Waals surface area contributed by atoms with Crippen LogP contribution in [0, 0.1) is 0 Å². The van der Waals surface area contributed by atoms with Crippen LogP contribution in [-0.2, 0) is 13.7 Å². The number of hydrogen-bond acceptors (Lipinski definition) is 3. The second kappa shape index (κ2) is 16.7. The molecule has 0 aromatic rings. The fourth-order valence-corrected chi connectivity index (χ4v) is 0. The lowest BCUT2D eigenvalue weighted by Gasteiger charge is -1.55. The van der Waals surface area contributed by atoms with Crippen molar-refractivity contribution in [1.29, 1.82) is 0 Å². The molecule has 0 aliphatic rings. The third-order valence-electron chi connectivity index (χ3n) is 1.34. The quantitative estimate of drug-likeness (QED) is 0.716. The van der Waals surface area contributed by atoms with Crippen molar-refractivity contribution in [3.63, 3.8) is 0 Å². The molecule has 0 heterocycles. The van der Waals surface area contributed by atoms with Gasteiger partial charge >= 0.3 is 23.4 Å². The molecule has 3 atom stereocenters. The van der Waals surface area contributed by atoms with Gasteiger partial charge in [-0.25, -0.2) is 0 Å². The smallest absolute Gasteiger partial charge is 0.0752 e. The maximum Gasteiger partial charge on any atom is 0.335 e. The van der Waals surface area contributed by atoms with Gasteiger partial charge in [-0.2, -0.15) is 0 Å².